The molecular formula is C30H30ClF2N5O. The molecule has 4 aromatic rings. The van der Waals surface area contributed by atoms with Crippen LogP contribution in [-0.4, -0.2) is 54.3 Å². The first-order chi connectivity index (χ1) is 18.8. The monoisotopic (exact) mass is 549 g/mol. The van der Waals surface area contributed by atoms with Gasteiger partial charge >= 0.3 is 0 Å². The van der Waals surface area contributed by atoms with Crippen molar-refractivity contribution in [3.63, 3.8) is 0 Å². The Balaban J connectivity index is 1.45. The van der Waals surface area contributed by atoms with Gasteiger partial charge in [0.25, 0.3) is 0 Å². The first-order valence-electron chi connectivity index (χ1n) is 13.2. The summed E-state index contributed by atoms with van der Waals surface area (Å²) >= 11 is 6.58. The molecule has 39 heavy (non-hydrogen) atoms. The highest BCUT2D eigenvalue weighted by atomic mass is 35.5. The van der Waals surface area contributed by atoms with Crippen LogP contribution in [0.4, 0.5) is 20.3 Å². The Hall–Kier alpha value is -3.49. The molecule has 6 rings (SSSR count). The Bertz CT molecular complexity index is 1510. The molecule has 0 saturated carbocycles. The third kappa shape index (κ3) is 4.87. The highest BCUT2D eigenvalue weighted by Gasteiger charge is 2.34. The molecule has 2 atom stereocenters. The minimum absolute atomic E-state index is 0.00270. The summed E-state index contributed by atoms with van der Waals surface area (Å²) < 4.78 is 31.1. The molecule has 3 aromatic carbocycles. The molecule has 0 amide bonds. The summed E-state index contributed by atoms with van der Waals surface area (Å²) in [7, 11) is 4.00. The Morgan fingerprint density at radius 1 is 1.00 bits per heavy atom. The van der Waals surface area contributed by atoms with Crippen LogP contribution in [0.2, 0.25) is 5.02 Å². The van der Waals surface area contributed by atoms with Crippen molar-refractivity contribution in [1.82, 2.24) is 15.3 Å². The van der Waals surface area contributed by atoms with Crippen molar-refractivity contribution < 1.29 is 13.9 Å². The van der Waals surface area contributed by atoms with Gasteiger partial charge in [0.2, 0.25) is 0 Å². The van der Waals surface area contributed by atoms with E-state index in [1.54, 1.807) is 6.07 Å². The Morgan fingerprint density at radius 2 is 1.72 bits per heavy atom. The minimum Gasteiger partial charge on any atom is -0.507 e. The van der Waals surface area contributed by atoms with E-state index in [0.29, 0.717) is 42.0 Å². The van der Waals surface area contributed by atoms with E-state index in [0.717, 1.165) is 37.2 Å². The topological polar surface area (TPSA) is 64.5 Å². The van der Waals surface area contributed by atoms with Gasteiger partial charge in [0.05, 0.1) is 10.6 Å². The molecule has 2 bridgehead atoms. The Labute approximate surface area is 231 Å². The Kier molecular flexibility index (Phi) is 6.77. The van der Waals surface area contributed by atoms with Gasteiger partial charge in [0.1, 0.15) is 28.7 Å². The van der Waals surface area contributed by atoms with Gasteiger partial charge < -0.3 is 20.2 Å². The summed E-state index contributed by atoms with van der Waals surface area (Å²) in [6, 6.07) is 14.4. The summed E-state index contributed by atoms with van der Waals surface area (Å²) in [6.45, 7) is 1.51. The lowest BCUT2D eigenvalue weighted by Gasteiger charge is -2.34. The van der Waals surface area contributed by atoms with E-state index >= 15 is 4.39 Å². The molecule has 2 fully saturated rings. The number of anilines is 2. The van der Waals surface area contributed by atoms with Crippen molar-refractivity contribution in [2.45, 2.75) is 37.8 Å². The molecule has 0 spiro atoms. The van der Waals surface area contributed by atoms with Crippen LogP contribution in [0.15, 0.2) is 48.5 Å². The zero-order chi connectivity index (χ0) is 27.3. The van der Waals surface area contributed by atoms with Crippen LogP contribution in [-0.2, 0) is 12.8 Å². The number of rotatable bonds is 6. The number of aromatic nitrogens is 2. The third-order valence-electron chi connectivity index (χ3n) is 7.76. The average Bonchev–Trinajstić information content (AvgIpc) is 3.26. The van der Waals surface area contributed by atoms with Crippen molar-refractivity contribution in [2.24, 2.45) is 0 Å². The highest BCUT2D eigenvalue weighted by molar-refractivity contribution is 6.34. The number of benzene rings is 3. The maximum absolute atomic E-state index is 16.3. The number of piperazine rings is 1. The molecule has 3 heterocycles. The van der Waals surface area contributed by atoms with Crippen molar-refractivity contribution in [2.75, 3.05) is 37.0 Å². The summed E-state index contributed by atoms with van der Waals surface area (Å²) in [5.41, 5.74) is 1.84. The van der Waals surface area contributed by atoms with E-state index in [-0.39, 0.29) is 27.4 Å². The van der Waals surface area contributed by atoms with Crippen LogP contribution in [0.5, 0.6) is 5.75 Å². The predicted octanol–water partition coefficient (Wildman–Crippen LogP) is 5.73. The van der Waals surface area contributed by atoms with Gasteiger partial charge in [-0.05, 0) is 55.2 Å². The van der Waals surface area contributed by atoms with Gasteiger partial charge in [0.15, 0.2) is 5.82 Å². The van der Waals surface area contributed by atoms with E-state index in [1.807, 2.05) is 19.0 Å². The number of hydrogen-bond acceptors (Lipinski definition) is 6. The van der Waals surface area contributed by atoms with Crippen molar-refractivity contribution in [3.8, 4) is 16.9 Å². The first-order valence-corrected chi connectivity index (χ1v) is 13.6. The fourth-order valence-corrected chi connectivity index (χ4v) is 6.04. The van der Waals surface area contributed by atoms with Crippen LogP contribution in [0.3, 0.4) is 0 Å². The number of aromatic hydroxyl groups is 1. The maximum atomic E-state index is 16.3. The normalized spacial score (nSPS) is 18.6. The lowest BCUT2D eigenvalue weighted by atomic mass is 10.0. The molecule has 6 nitrogen and oxygen atoms in total. The van der Waals surface area contributed by atoms with Crippen molar-refractivity contribution >= 4 is 34.0 Å². The highest BCUT2D eigenvalue weighted by Crippen LogP contribution is 2.42. The second-order valence-corrected chi connectivity index (χ2v) is 11.1. The van der Waals surface area contributed by atoms with Gasteiger partial charge in [-0.3, -0.25) is 0 Å². The summed E-state index contributed by atoms with van der Waals surface area (Å²) in [4.78, 5) is 13.8. The van der Waals surface area contributed by atoms with Crippen molar-refractivity contribution in [3.05, 3.63) is 76.6 Å². The standard InChI is InChI=1S/C30H30ClF2N5O/c1-37(2)20-11-6-17(7-12-20)8-13-25-35-29-21(30(36-25)38-15-18-9-10-19(16-38)34-18)14-22(31)26(28(29)33)27-23(32)4-3-5-24(27)39/h3-7,11-12,14,18-19,34,39H,8-10,13,15-16H2,1-2H3/t18-,19+. The molecule has 0 aliphatic carbocycles. The average molecular weight is 550 g/mol. The molecule has 0 unspecified atom stereocenters. The number of nitrogens with zero attached hydrogens (tertiary/aromatic N) is 4. The number of phenolic OH excluding ortho intramolecular Hbond substituents is 1. The van der Waals surface area contributed by atoms with Gasteiger partial charge in [-0.2, -0.15) is 0 Å². The van der Waals surface area contributed by atoms with Crippen molar-refractivity contribution in [1.29, 1.82) is 0 Å². The molecule has 2 aliphatic heterocycles. The fraction of sp³-hybridized carbons (Fsp3) is 0.333. The minimum atomic E-state index is -0.767. The zero-order valence-corrected chi connectivity index (χ0v) is 22.6. The van der Waals surface area contributed by atoms with E-state index < -0.39 is 11.6 Å². The molecule has 0 radical (unpaired) electrons. The van der Waals surface area contributed by atoms with Crippen LogP contribution >= 0.6 is 11.6 Å². The summed E-state index contributed by atoms with van der Waals surface area (Å²) in [6.07, 6.45) is 3.37. The Morgan fingerprint density at radius 3 is 2.38 bits per heavy atom. The molecule has 202 valence electrons. The summed E-state index contributed by atoms with van der Waals surface area (Å²) in [5, 5.41) is 14.5. The largest absolute Gasteiger partial charge is 0.507 e. The lowest BCUT2D eigenvalue weighted by molar-refractivity contribution is 0.463. The van der Waals surface area contributed by atoms with E-state index in [1.165, 1.54) is 18.2 Å². The second kappa shape index (κ2) is 10.2. The number of aryl methyl sites for hydroxylation is 2. The quantitative estimate of drug-likeness (QED) is 0.320. The summed E-state index contributed by atoms with van der Waals surface area (Å²) in [5.74, 6) is -0.767. The van der Waals surface area contributed by atoms with E-state index in [4.69, 9.17) is 16.6 Å². The lowest BCUT2D eigenvalue weighted by Crippen LogP contribution is -2.51. The predicted molar refractivity (Wildman–Crippen MR) is 152 cm³/mol. The molecular weight excluding hydrogens is 520 g/mol. The van der Waals surface area contributed by atoms with Gasteiger partial charge in [-0.1, -0.05) is 29.8 Å². The first kappa shape index (κ1) is 25.8. The fourth-order valence-electron chi connectivity index (χ4n) is 5.75. The van der Waals surface area contributed by atoms with Gasteiger partial charge in [-0.15, -0.1) is 0 Å². The number of hydrogen-bond donors (Lipinski definition) is 2. The smallest absolute Gasteiger partial charge is 0.159 e. The second-order valence-electron chi connectivity index (χ2n) is 10.6. The van der Waals surface area contributed by atoms with Crippen LogP contribution in [0.25, 0.3) is 22.0 Å². The molecule has 1 aromatic heterocycles. The number of phenols is 1. The number of halogens is 3. The van der Waals surface area contributed by atoms with Gasteiger partial charge in [0, 0.05) is 62.3 Å². The van der Waals surface area contributed by atoms with Crippen LogP contribution < -0.4 is 15.1 Å². The van der Waals surface area contributed by atoms with E-state index in [2.05, 4.69) is 39.5 Å². The van der Waals surface area contributed by atoms with Gasteiger partial charge in [-0.25, -0.2) is 18.7 Å². The molecule has 2 N–H and O–H groups in total. The maximum Gasteiger partial charge on any atom is 0.159 e. The SMILES string of the molecule is CN(C)c1ccc(CCc2nc(N3C[C@H]4CC[C@@H](C3)N4)c3cc(Cl)c(-c4c(O)cccc4F)c(F)c3n2)cc1. The van der Waals surface area contributed by atoms with Crippen LogP contribution in [0.1, 0.15) is 24.2 Å². The third-order valence-corrected chi connectivity index (χ3v) is 8.05. The molecule has 2 aliphatic rings. The number of nitrogens with one attached hydrogen (secondary N) is 1. The number of fused-ring (bicyclic) bond motifs is 3. The molecule has 9 heteroatoms. The zero-order valence-electron chi connectivity index (χ0n) is 21.9. The van der Waals surface area contributed by atoms with E-state index in [9.17, 15) is 9.50 Å². The molecule has 2 saturated heterocycles. The van der Waals surface area contributed by atoms with Crippen LogP contribution in [0, 0.1) is 11.6 Å².